The highest BCUT2D eigenvalue weighted by molar-refractivity contribution is 9.10. The zero-order valence-electron chi connectivity index (χ0n) is 14.0. The number of rotatable bonds is 6. The van der Waals surface area contributed by atoms with Crippen molar-refractivity contribution >= 4 is 26.0 Å². The second-order valence-corrected chi connectivity index (χ2v) is 9.13. The van der Waals surface area contributed by atoms with Crippen molar-refractivity contribution in [3.63, 3.8) is 0 Å². The highest BCUT2D eigenvalue weighted by Crippen LogP contribution is 2.22. The maximum absolute atomic E-state index is 13.0. The van der Waals surface area contributed by atoms with Crippen LogP contribution in [0.4, 0.5) is 4.39 Å². The lowest BCUT2D eigenvalue weighted by Crippen LogP contribution is -2.42. The van der Waals surface area contributed by atoms with Gasteiger partial charge in [-0.2, -0.15) is 0 Å². The Kier molecular flexibility index (Phi) is 6.20. The van der Waals surface area contributed by atoms with Crippen molar-refractivity contribution in [3.8, 4) is 6.01 Å². The first-order chi connectivity index (χ1) is 12.4. The first-order valence-corrected chi connectivity index (χ1v) is 10.7. The van der Waals surface area contributed by atoms with E-state index in [1.807, 2.05) is 0 Å². The molecule has 6 nitrogen and oxygen atoms in total. The summed E-state index contributed by atoms with van der Waals surface area (Å²) in [6.45, 7) is 1.26. The Morgan fingerprint density at radius 3 is 2.62 bits per heavy atom. The fraction of sp³-hybridized carbons (Fsp3) is 0.412. The normalized spacial score (nSPS) is 18.6. The van der Waals surface area contributed by atoms with E-state index in [2.05, 4.69) is 25.9 Å². The van der Waals surface area contributed by atoms with E-state index in [1.165, 1.54) is 28.6 Å². The molecule has 2 heterocycles. The number of halogens is 2. The summed E-state index contributed by atoms with van der Waals surface area (Å²) in [5.74, 6) is -0.424. The Morgan fingerprint density at radius 2 is 1.92 bits per heavy atom. The molecule has 0 N–H and O–H groups in total. The van der Waals surface area contributed by atoms with Crippen molar-refractivity contribution in [2.24, 2.45) is 5.92 Å². The molecule has 3 rings (SSSR count). The smallest absolute Gasteiger partial charge is 0.316 e. The minimum Gasteiger partial charge on any atom is -0.463 e. The van der Waals surface area contributed by atoms with Crippen LogP contribution in [-0.4, -0.2) is 42.4 Å². The summed E-state index contributed by atoms with van der Waals surface area (Å²) in [5, 5.41) is 0. The summed E-state index contributed by atoms with van der Waals surface area (Å²) in [5.41, 5.74) is 0.577. The molecule has 1 aromatic carbocycles. The molecule has 0 amide bonds. The molecule has 26 heavy (non-hydrogen) atoms. The van der Waals surface area contributed by atoms with Crippen LogP contribution in [0.2, 0.25) is 0 Å². The van der Waals surface area contributed by atoms with Crippen LogP contribution < -0.4 is 4.74 Å². The monoisotopic (exact) mass is 443 g/mol. The molecule has 0 spiro atoms. The van der Waals surface area contributed by atoms with E-state index in [-0.39, 0.29) is 23.5 Å². The van der Waals surface area contributed by atoms with Gasteiger partial charge in [-0.1, -0.05) is 12.1 Å². The number of sulfonamides is 1. The van der Waals surface area contributed by atoms with Crippen molar-refractivity contribution in [1.82, 2.24) is 14.3 Å². The SMILES string of the molecule is O=S(=O)(Cc1ccc(F)cc1)N1CCCC(COc2ncc(Br)cn2)C1. The van der Waals surface area contributed by atoms with E-state index in [0.717, 1.165) is 17.3 Å². The number of benzene rings is 1. The molecule has 9 heteroatoms. The zero-order valence-corrected chi connectivity index (χ0v) is 16.4. The molecule has 140 valence electrons. The van der Waals surface area contributed by atoms with Crippen molar-refractivity contribution in [1.29, 1.82) is 0 Å². The van der Waals surface area contributed by atoms with Crippen molar-refractivity contribution in [2.75, 3.05) is 19.7 Å². The van der Waals surface area contributed by atoms with Gasteiger partial charge in [-0.05, 0) is 46.5 Å². The first-order valence-electron chi connectivity index (χ1n) is 8.25. The fourth-order valence-corrected chi connectivity index (χ4v) is 4.71. The summed E-state index contributed by atoms with van der Waals surface area (Å²) < 4.78 is 46.2. The molecular weight excluding hydrogens is 425 g/mol. The Hall–Kier alpha value is -1.58. The average molecular weight is 444 g/mol. The summed E-state index contributed by atoms with van der Waals surface area (Å²) in [6.07, 6.45) is 4.86. The first kappa shape index (κ1) is 19.2. The van der Waals surface area contributed by atoms with E-state index in [1.54, 1.807) is 12.4 Å². The number of hydrogen-bond acceptors (Lipinski definition) is 5. The topological polar surface area (TPSA) is 72.4 Å². The highest BCUT2D eigenvalue weighted by atomic mass is 79.9. The Balaban J connectivity index is 1.58. The molecule has 2 aromatic rings. The number of piperidine rings is 1. The van der Waals surface area contributed by atoms with Crippen LogP contribution >= 0.6 is 15.9 Å². The van der Waals surface area contributed by atoms with Crippen molar-refractivity contribution < 1.29 is 17.5 Å². The van der Waals surface area contributed by atoms with E-state index in [9.17, 15) is 12.8 Å². The molecular formula is C17H19BrFN3O3S. The van der Waals surface area contributed by atoms with E-state index in [0.29, 0.717) is 25.3 Å². The lowest BCUT2D eigenvalue weighted by atomic mass is 10.0. The van der Waals surface area contributed by atoms with Crippen LogP contribution in [0.25, 0.3) is 0 Å². The third-order valence-corrected chi connectivity index (χ3v) is 6.41. The van der Waals surface area contributed by atoms with Gasteiger partial charge in [0.15, 0.2) is 0 Å². The van der Waals surface area contributed by atoms with Crippen LogP contribution in [0.1, 0.15) is 18.4 Å². The molecule has 1 aliphatic rings. The van der Waals surface area contributed by atoms with Crippen LogP contribution in [0, 0.1) is 11.7 Å². The minimum absolute atomic E-state index is 0.0824. The van der Waals surface area contributed by atoms with Gasteiger partial charge in [0.2, 0.25) is 10.0 Å². The molecule has 1 saturated heterocycles. The number of nitrogens with zero attached hydrogens (tertiary/aromatic N) is 3. The lowest BCUT2D eigenvalue weighted by molar-refractivity contribution is 0.171. The third kappa shape index (κ3) is 5.21. The molecule has 0 saturated carbocycles. The molecule has 0 aliphatic carbocycles. The van der Waals surface area contributed by atoms with Gasteiger partial charge in [0, 0.05) is 31.4 Å². The van der Waals surface area contributed by atoms with Gasteiger partial charge < -0.3 is 4.74 Å². The predicted octanol–water partition coefficient (Wildman–Crippen LogP) is 3.00. The Morgan fingerprint density at radius 1 is 1.23 bits per heavy atom. The second kappa shape index (κ2) is 8.41. The van der Waals surface area contributed by atoms with Gasteiger partial charge in [0.1, 0.15) is 5.82 Å². The van der Waals surface area contributed by atoms with Gasteiger partial charge in [-0.15, -0.1) is 0 Å². The summed E-state index contributed by atoms with van der Waals surface area (Å²) in [7, 11) is -3.45. The quantitative estimate of drug-likeness (QED) is 0.685. The molecule has 1 atom stereocenters. The van der Waals surface area contributed by atoms with Crippen LogP contribution in [0.5, 0.6) is 6.01 Å². The summed E-state index contributed by atoms with van der Waals surface area (Å²) >= 11 is 3.26. The lowest BCUT2D eigenvalue weighted by Gasteiger charge is -2.31. The number of ether oxygens (including phenoxy) is 1. The zero-order chi connectivity index (χ0) is 18.6. The Labute approximate surface area is 160 Å². The third-order valence-electron chi connectivity index (χ3n) is 4.18. The number of aromatic nitrogens is 2. The average Bonchev–Trinajstić information content (AvgIpc) is 2.63. The maximum Gasteiger partial charge on any atom is 0.316 e. The van der Waals surface area contributed by atoms with Crippen molar-refractivity contribution in [3.05, 3.63) is 52.5 Å². The van der Waals surface area contributed by atoms with Gasteiger partial charge in [-0.3, -0.25) is 0 Å². The molecule has 1 unspecified atom stereocenters. The van der Waals surface area contributed by atoms with Gasteiger partial charge >= 0.3 is 6.01 Å². The van der Waals surface area contributed by atoms with E-state index < -0.39 is 10.0 Å². The maximum atomic E-state index is 13.0. The fourth-order valence-electron chi connectivity index (χ4n) is 2.87. The van der Waals surface area contributed by atoms with Gasteiger partial charge in [0.05, 0.1) is 16.8 Å². The standard InChI is InChI=1S/C17H19BrFN3O3S/c18-15-8-20-17(21-9-15)25-11-14-2-1-7-22(10-14)26(23,24)12-13-3-5-16(19)6-4-13/h3-6,8-9,14H,1-2,7,10-12H2. The molecule has 1 aromatic heterocycles. The Bertz CT molecular complexity index is 831. The van der Waals surface area contributed by atoms with E-state index >= 15 is 0 Å². The number of hydrogen-bond donors (Lipinski definition) is 0. The summed E-state index contributed by atoms with van der Waals surface area (Å²) in [4.78, 5) is 8.10. The van der Waals surface area contributed by atoms with Crippen LogP contribution in [0.15, 0.2) is 41.1 Å². The minimum atomic E-state index is -3.45. The van der Waals surface area contributed by atoms with Crippen LogP contribution in [-0.2, 0) is 15.8 Å². The van der Waals surface area contributed by atoms with Crippen LogP contribution in [0.3, 0.4) is 0 Å². The predicted molar refractivity (Wildman–Crippen MR) is 98.5 cm³/mol. The van der Waals surface area contributed by atoms with Gasteiger partial charge in [-0.25, -0.2) is 27.1 Å². The van der Waals surface area contributed by atoms with E-state index in [4.69, 9.17) is 4.74 Å². The molecule has 0 bridgehead atoms. The molecule has 1 fully saturated rings. The summed E-state index contributed by atoms with van der Waals surface area (Å²) in [6, 6.07) is 5.83. The second-order valence-electron chi connectivity index (χ2n) is 6.24. The highest BCUT2D eigenvalue weighted by Gasteiger charge is 2.29. The molecule has 1 aliphatic heterocycles. The largest absolute Gasteiger partial charge is 0.463 e. The molecule has 0 radical (unpaired) electrons. The van der Waals surface area contributed by atoms with Crippen molar-refractivity contribution in [2.45, 2.75) is 18.6 Å². The van der Waals surface area contributed by atoms with Gasteiger partial charge in [0.25, 0.3) is 0 Å².